The first-order valence-corrected chi connectivity index (χ1v) is 5.72. The van der Waals surface area contributed by atoms with Crippen LogP contribution in [0.4, 0.5) is 0 Å². The number of benzene rings is 1. The maximum Gasteiger partial charge on any atom is 0.0594 e. The van der Waals surface area contributed by atoms with Gasteiger partial charge in [0.1, 0.15) is 0 Å². The van der Waals surface area contributed by atoms with Gasteiger partial charge in [-0.25, -0.2) is 0 Å². The predicted molar refractivity (Wildman–Crippen MR) is 62.0 cm³/mol. The van der Waals surface area contributed by atoms with Crippen LogP contribution in [-0.4, -0.2) is 37.2 Å². The summed E-state index contributed by atoms with van der Waals surface area (Å²) in [6, 6.07) is 11.3. The molecule has 2 nitrogen and oxygen atoms in total. The molecule has 1 atom stereocenters. The van der Waals surface area contributed by atoms with Crippen molar-refractivity contribution < 1.29 is 4.74 Å². The maximum atomic E-state index is 5.36. The Morgan fingerprint density at radius 3 is 2.53 bits per heavy atom. The summed E-state index contributed by atoms with van der Waals surface area (Å²) in [5.41, 5.74) is 1.43. The van der Waals surface area contributed by atoms with Crippen LogP contribution in [0.2, 0.25) is 0 Å². The van der Waals surface area contributed by atoms with Gasteiger partial charge in [-0.15, -0.1) is 0 Å². The van der Waals surface area contributed by atoms with Crippen molar-refractivity contribution in [2.75, 3.05) is 26.3 Å². The number of ether oxygens (including phenoxy) is 1. The minimum absolute atomic E-state index is 0.622. The van der Waals surface area contributed by atoms with Crippen molar-refractivity contribution in [3.63, 3.8) is 0 Å². The molecule has 0 bridgehead atoms. The van der Waals surface area contributed by atoms with Crippen molar-refractivity contribution >= 4 is 0 Å². The summed E-state index contributed by atoms with van der Waals surface area (Å²) < 4.78 is 5.36. The number of hydrogen-bond acceptors (Lipinski definition) is 2. The Morgan fingerprint density at radius 1 is 1.20 bits per heavy atom. The predicted octanol–water partition coefficient (Wildman–Crippen LogP) is 1.95. The summed E-state index contributed by atoms with van der Waals surface area (Å²) in [5, 5.41) is 0. The summed E-state index contributed by atoms with van der Waals surface area (Å²) >= 11 is 0. The van der Waals surface area contributed by atoms with E-state index in [-0.39, 0.29) is 0 Å². The summed E-state index contributed by atoms with van der Waals surface area (Å²) in [7, 11) is 0. The maximum absolute atomic E-state index is 5.36. The van der Waals surface area contributed by atoms with Gasteiger partial charge in [0.2, 0.25) is 0 Å². The monoisotopic (exact) mass is 205 g/mol. The second-order valence-corrected chi connectivity index (χ2v) is 4.19. The molecule has 0 unspecified atom stereocenters. The summed E-state index contributed by atoms with van der Waals surface area (Å²) in [6.07, 6.45) is 1.14. The second kappa shape index (κ2) is 5.29. The number of nitrogens with zero attached hydrogens (tertiary/aromatic N) is 1. The second-order valence-electron chi connectivity index (χ2n) is 4.19. The minimum Gasteiger partial charge on any atom is -0.379 e. The van der Waals surface area contributed by atoms with E-state index in [4.69, 9.17) is 4.74 Å². The van der Waals surface area contributed by atoms with Crippen LogP contribution in [0.1, 0.15) is 12.5 Å². The van der Waals surface area contributed by atoms with Crippen LogP contribution in [-0.2, 0) is 11.2 Å². The Bertz CT molecular complexity index is 280. The fraction of sp³-hybridized carbons (Fsp3) is 0.538. The first kappa shape index (κ1) is 10.7. The van der Waals surface area contributed by atoms with Crippen molar-refractivity contribution in [1.29, 1.82) is 0 Å². The fourth-order valence-corrected chi connectivity index (χ4v) is 2.10. The van der Waals surface area contributed by atoms with Crippen LogP contribution < -0.4 is 0 Å². The molecule has 82 valence electrons. The quantitative estimate of drug-likeness (QED) is 0.748. The molecule has 1 saturated heterocycles. The average molecular weight is 205 g/mol. The van der Waals surface area contributed by atoms with E-state index in [1.54, 1.807) is 0 Å². The van der Waals surface area contributed by atoms with Gasteiger partial charge in [0.05, 0.1) is 13.2 Å². The van der Waals surface area contributed by atoms with Gasteiger partial charge in [0.25, 0.3) is 0 Å². The zero-order valence-corrected chi connectivity index (χ0v) is 9.36. The Hall–Kier alpha value is -0.860. The van der Waals surface area contributed by atoms with Crippen molar-refractivity contribution in [3.05, 3.63) is 35.9 Å². The zero-order chi connectivity index (χ0) is 10.5. The van der Waals surface area contributed by atoms with E-state index in [2.05, 4.69) is 42.2 Å². The van der Waals surface area contributed by atoms with Gasteiger partial charge in [-0.1, -0.05) is 30.3 Å². The molecular weight excluding hydrogens is 186 g/mol. The molecular formula is C13H19NO. The lowest BCUT2D eigenvalue weighted by molar-refractivity contribution is 0.0203. The van der Waals surface area contributed by atoms with Gasteiger partial charge >= 0.3 is 0 Å². The van der Waals surface area contributed by atoms with Crippen LogP contribution in [0.25, 0.3) is 0 Å². The molecule has 1 heterocycles. The molecule has 0 radical (unpaired) electrons. The van der Waals surface area contributed by atoms with Crippen LogP contribution in [0.15, 0.2) is 30.3 Å². The Kier molecular flexibility index (Phi) is 3.75. The fourth-order valence-electron chi connectivity index (χ4n) is 2.10. The third-order valence-corrected chi connectivity index (χ3v) is 3.04. The molecule has 0 spiro atoms. The number of rotatable bonds is 3. The topological polar surface area (TPSA) is 12.5 Å². The highest BCUT2D eigenvalue weighted by Crippen LogP contribution is 2.10. The SMILES string of the molecule is C[C@H](Cc1ccccc1)N1CCOCC1. The lowest BCUT2D eigenvalue weighted by atomic mass is 10.1. The Balaban J connectivity index is 1.88. The zero-order valence-electron chi connectivity index (χ0n) is 9.36. The largest absolute Gasteiger partial charge is 0.379 e. The first-order valence-electron chi connectivity index (χ1n) is 5.72. The third-order valence-electron chi connectivity index (χ3n) is 3.04. The van der Waals surface area contributed by atoms with Gasteiger partial charge in [0.15, 0.2) is 0 Å². The van der Waals surface area contributed by atoms with E-state index in [1.165, 1.54) is 5.56 Å². The molecule has 0 aromatic heterocycles. The average Bonchev–Trinajstić information content (AvgIpc) is 2.31. The van der Waals surface area contributed by atoms with Gasteiger partial charge in [-0.05, 0) is 18.9 Å². The number of morpholine rings is 1. The molecule has 1 aliphatic rings. The van der Waals surface area contributed by atoms with Crippen LogP contribution in [0, 0.1) is 0 Å². The van der Waals surface area contributed by atoms with Gasteiger partial charge in [-0.2, -0.15) is 0 Å². The summed E-state index contributed by atoms with van der Waals surface area (Å²) in [6.45, 7) is 6.23. The van der Waals surface area contributed by atoms with Crippen LogP contribution in [0.3, 0.4) is 0 Å². The Labute approximate surface area is 91.9 Å². The van der Waals surface area contributed by atoms with Crippen LogP contribution in [0.5, 0.6) is 0 Å². The van der Waals surface area contributed by atoms with E-state index >= 15 is 0 Å². The molecule has 0 N–H and O–H groups in total. The molecule has 2 rings (SSSR count). The molecule has 15 heavy (non-hydrogen) atoms. The standard InChI is InChI=1S/C13H19NO/c1-12(14-7-9-15-10-8-14)11-13-5-3-2-4-6-13/h2-6,12H,7-11H2,1H3/t12-/m1/s1. The summed E-state index contributed by atoms with van der Waals surface area (Å²) in [5.74, 6) is 0. The van der Waals surface area contributed by atoms with Crippen molar-refractivity contribution in [1.82, 2.24) is 4.90 Å². The lowest BCUT2D eigenvalue weighted by Gasteiger charge is -2.32. The molecule has 0 aliphatic carbocycles. The van der Waals surface area contributed by atoms with Crippen molar-refractivity contribution in [2.45, 2.75) is 19.4 Å². The highest BCUT2D eigenvalue weighted by molar-refractivity contribution is 5.15. The molecule has 0 saturated carbocycles. The van der Waals surface area contributed by atoms with Gasteiger partial charge in [-0.3, -0.25) is 4.90 Å². The molecule has 1 aromatic carbocycles. The first-order chi connectivity index (χ1) is 7.36. The van der Waals surface area contributed by atoms with E-state index in [0.29, 0.717) is 6.04 Å². The molecule has 0 amide bonds. The molecule has 1 aromatic rings. The van der Waals surface area contributed by atoms with Crippen LogP contribution >= 0.6 is 0 Å². The third kappa shape index (κ3) is 3.05. The van der Waals surface area contributed by atoms with E-state index in [0.717, 1.165) is 32.7 Å². The van der Waals surface area contributed by atoms with E-state index in [9.17, 15) is 0 Å². The number of hydrogen-bond donors (Lipinski definition) is 0. The summed E-state index contributed by atoms with van der Waals surface area (Å²) in [4.78, 5) is 2.51. The van der Waals surface area contributed by atoms with Gasteiger partial charge < -0.3 is 4.74 Å². The minimum atomic E-state index is 0.622. The normalized spacial score (nSPS) is 20.1. The highest BCUT2D eigenvalue weighted by atomic mass is 16.5. The van der Waals surface area contributed by atoms with Crippen molar-refractivity contribution in [3.8, 4) is 0 Å². The smallest absolute Gasteiger partial charge is 0.0594 e. The van der Waals surface area contributed by atoms with Gasteiger partial charge in [0, 0.05) is 19.1 Å². The van der Waals surface area contributed by atoms with E-state index < -0.39 is 0 Å². The lowest BCUT2D eigenvalue weighted by Crippen LogP contribution is -2.43. The molecule has 1 fully saturated rings. The Morgan fingerprint density at radius 2 is 1.87 bits per heavy atom. The molecule has 2 heteroatoms. The van der Waals surface area contributed by atoms with Crippen molar-refractivity contribution in [2.24, 2.45) is 0 Å². The van der Waals surface area contributed by atoms with E-state index in [1.807, 2.05) is 0 Å². The molecule has 1 aliphatic heterocycles. The highest BCUT2D eigenvalue weighted by Gasteiger charge is 2.16.